The molecule has 1 heterocycles. The number of likely N-dealkylation sites (tertiary alicyclic amines) is 1. The Morgan fingerprint density at radius 1 is 1.30 bits per heavy atom. The summed E-state index contributed by atoms with van der Waals surface area (Å²) in [6.45, 7) is 6.22. The van der Waals surface area contributed by atoms with Crippen LogP contribution in [-0.4, -0.2) is 35.7 Å². The molecular weight excluding hydrogens is 254 g/mol. The van der Waals surface area contributed by atoms with Gasteiger partial charge in [0.15, 0.2) is 0 Å². The largest absolute Gasteiger partial charge is 0.494 e. The van der Waals surface area contributed by atoms with Crippen molar-refractivity contribution in [2.75, 3.05) is 19.7 Å². The van der Waals surface area contributed by atoms with Crippen molar-refractivity contribution in [3.05, 3.63) is 29.8 Å². The Morgan fingerprint density at radius 2 is 1.90 bits per heavy atom. The first kappa shape index (κ1) is 14.9. The topological polar surface area (TPSA) is 49.8 Å². The van der Waals surface area contributed by atoms with Crippen molar-refractivity contribution in [1.29, 1.82) is 0 Å². The zero-order chi connectivity index (χ0) is 14.6. The molecule has 1 unspecified atom stereocenters. The van der Waals surface area contributed by atoms with Crippen molar-refractivity contribution in [2.45, 2.75) is 38.6 Å². The van der Waals surface area contributed by atoms with E-state index < -0.39 is 11.5 Å². The number of ether oxygens (including phenoxy) is 1. The van der Waals surface area contributed by atoms with Crippen LogP contribution in [0.3, 0.4) is 0 Å². The van der Waals surface area contributed by atoms with Crippen LogP contribution in [-0.2, 0) is 10.3 Å². The Hall–Kier alpha value is -1.55. The molecule has 2 rings (SSSR count). The zero-order valence-electron chi connectivity index (χ0n) is 12.3. The van der Waals surface area contributed by atoms with Crippen molar-refractivity contribution in [3.63, 3.8) is 0 Å². The average molecular weight is 277 g/mol. The van der Waals surface area contributed by atoms with Gasteiger partial charge in [-0.25, -0.2) is 4.79 Å². The Balaban J connectivity index is 2.23. The van der Waals surface area contributed by atoms with E-state index in [1.54, 1.807) is 6.92 Å². The molecule has 0 bridgehead atoms. The molecule has 0 spiro atoms. The predicted molar refractivity (Wildman–Crippen MR) is 78.0 cm³/mol. The highest BCUT2D eigenvalue weighted by atomic mass is 16.5. The summed E-state index contributed by atoms with van der Waals surface area (Å²) in [7, 11) is 0. The number of hydrogen-bond donors (Lipinski definition) is 1. The van der Waals surface area contributed by atoms with Crippen molar-refractivity contribution in [2.24, 2.45) is 0 Å². The Kier molecular flexibility index (Phi) is 4.65. The number of hydrogen-bond acceptors (Lipinski definition) is 3. The van der Waals surface area contributed by atoms with E-state index in [0.717, 1.165) is 43.7 Å². The maximum atomic E-state index is 11.8. The van der Waals surface area contributed by atoms with Gasteiger partial charge in [-0.15, -0.1) is 0 Å². The van der Waals surface area contributed by atoms with Gasteiger partial charge in [0, 0.05) is 0 Å². The fourth-order valence-corrected chi connectivity index (χ4v) is 2.70. The molecule has 4 nitrogen and oxygen atoms in total. The number of carbonyl (C=O) groups is 1. The summed E-state index contributed by atoms with van der Waals surface area (Å²) in [5, 5.41) is 9.68. The lowest BCUT2D eigenvalue weighted by Crippen LogP contribution is -2.48. The first-order valence-electron chi connectivity index (χ1n) is 7.31. The third-order valence-electron chi connectivity index (χ3n) is 4.04. The normalized spacial score (nSPS) is 18.7. The first-order valence-corrected chi connectivity index (χ1v) is 7.31. The van der Waals surface area contributed by atoms with Crippen molar-refractivity contribution in [3.8, 4) is 5.75 Å². The van der Waals surface area contributed by atoms with Crippen LogP contribution in [0.1, 0.15) is 38.7 Å². The molecule has 1 N–H and O–H groups in total. The van der Waals surface area contributed by atoms with E-state index in [-0.39, 0.29) is 0 Å². The maximum Gasteiger partial charge on any atom is 0.328 e. The zero-order valence-corrected chi connectivity index (χ0v) is 12.3. The van der Waals surface area contributed by atoms with E-state index in [0.29, 0.717) is 6.61 Å². The Bertz CT molecular complexity index is 451. The summed E-state index contributed by atoms with van der Waals surface area (Å²) in [6.07, 6.45) is 3.10. The van der Waals surface area contributed by atoms with Crippen LogP contribution < -0.4 is 4.74 Å². The standard InChI is InChI=1S/C16H23NO3/c1-3-12-20-14-8-6-13(7-9-14)16(2,15(18)19)17-10-4-5-11-17/h6-9H,3-5,10-12H2,1-2H3,(H,18,19). The summed E-state index contributed by atoms with van der Waals surface area (Å²) < 4.78 is 5.55. The lowest BCUT2D eigenvalue weighted by atomic mass is 9.90. The number of carboxylic acid groups (broad SMARTS) is 1. The molecule has 1 aliphatic heterocycles. The van der Waals surface area contributed by atoms with Gasteiger partial charge in [-0.05, 0) is 57.0 Å². The summed E-state index contributed by atoms with van der Waals surface area (Å²) in [5.41, 5.74) is -0.129. The third kappa shape index (κ3) is 2.80. The molecule has 1 saturated heterocycles. The van der Waals surface area contributed by atoms with Crippen LogP contribution in [0.4, 0.5) is 0 Å². The fraction of sp³-hybridized carbons (Fsp3) is 0.562. The van der Waals surface area contributed by atoms with Gasteiger partial charge >= 0.3 is 5.97 Å². The second-order valence-corrected chi connectivity index (χ2v) is 5.44. The molecule has 1 aliphatic rings. The van der Waals surface area contributed by atoms with Gasteiger partial charge in [-0.2, -0.15) is 0 Å². The van der Waals surface area contributed by atoms with Crippen molar-refractivity contribution in [1.82, 2.24) is 4.90 Å². The molecule has 0 aliphatic carbocycles. The van der Waals surface area contributed by atoms with Crippen LogP contribution in [0.25, 0.3) is 0 Å². The molecule has 0 aromatic heterocycles. The Labute approximate surface area is 120 Å². The minimum absolute atomic E-state index is 0.682. The number of rotatable bonds is 6. The quantitative estimate of drug-likeness (QED) is 0.868. The SMILES string of the molecule is CCCOc1ccc(C(C)(C(=O)O)N2CCCC2)cc1. The lowest BCUT2D eigenvalue weighted by molar-refractivity contribution is -0.150. The number of aliphatic carboxylic acids is 1. The lowest BCUT2D eigenvalue weighted by Gasteiger charge is -2.35. The molecule has 20 heavy (non-hydrogen) atoms. The first-order chi connectivity index (χ1) is 9.59. The van der Waals surface area contributed by atoms with E-state index >= 15 is 0 Å². The molecule has 1 aromatic carbocycles. The van der Waals surface area contributed by atoms with Crippen LogP contribution in [0.15, 0.2) is 24.3 Å². The molecule has 0 radical (unpaired) electrons. The van der Waals surface area contributed by atoms with Crippen molar-refractivity contribution < 1.29 is 14.6 Å². The summed E-state index contributed by atoms with van der Waals surface area (Å²) in [4.78, 5) is 13.8. The molecule has 1 atom stereocenters. The number of nitrogens with zero attached hydrogens (tertiary/aromatic N) is 1. The summed E-state index contributed by atoms with van der Waals surface area (Å²) >= 11 is 0. The summed E-state index contributed by atoms with van der Waals surface area (Å²) in [5.74, 6) is 0.00591. The van der Waals surface area contributed by atoms with E-state index in [1.807, 2.05) is 24.3 Å². The molecule has 4 heteroatoms. The van der Waals surface area contributed by atoms with E-state index in [4.69, 9.17) is 4.74 Å². The van der Waals surface area contributed by atoms with Gasteiger partial charge in [-0.1, -0.05) is 19.1 Å². The monoisotopic (exact) mass is 277 g/mol. The highest BCUT2D eigenvalue weighted by Gasteiger charge is 2.42. The predicted octanol–water partition coefficient (Wildman–Crippen LogP) is 2.87. The van der Waals surface area contributed by atoms with Gasteiger partial charge in [0.25, 0.3) is 0 Å². The minimum Gasteiger partial charge on any atom is -0.494 e. The number of carboxylic acids is 1. The van der Waals surface area contributed by atoms with Gasteiger partial charge in [-0.3, -0.25) is 4.90 Å². The number of benzene rings is 1. The molecule has 1 fully saturated rings. The third-order valence-corrected chi connectivity index (χ3v) is 4.04. The minimum atomic E-state index is -0.945. The highest BCUT2D eigenvalue weighted by Crippen LogP contribution is 2.32. The van der Waals surface area contributed by atoms with Crippen LogP contribution in [0.5, 0.6) is 5.75 Å². The maximum absolute atomic E-state index is 11.8. The van der Waals surface area contributed by atoms with Gasteiger partial charge in [0.2, 0.25) is 0 Å². The smallest absolute Gasteiger partial charge is 0.328 e. The molecule has 0 amide bonds. The van der Waals surface area contributed by atoms with E-state index in [2.05, 4.69) is 11.8 Å². The molecular formula is C16H23NO3. The van der Waals surface area contributed by atoms with Crippen LogP contribution >= 0.6 is 0 Å². The van der Waals surface area contributed by atoms with E-state index in [9.17, 15) is 9.90 Å². The van der Waals surface area contributed by atoms with E-state index in [1.165, 1.54) is 0 Å². The second kappa shape index (κ2) is 6.27. The second-order valence-electron chi connectivity index (χ2n) is 5.44. The van der Waals surface area contributed by atoms with Crippen LogP contribution in [0, 0.1) is 0 Å². The van der Waals surface area contributed by atoms with Gasteiger partial charge < -0.3 is 9.84 Å². The Morgan fingerprint density at radius 3 is 2.40 bits per heavy atom. The van der Waals surface area contributed by atoms with Crippen molar-refractivity contribution >= 4 is 5.97 Å². The fourth-order valence-electron chi connectivity index (χ4n) is 2.70. The summed E-state index contributed by atoms with van der Waals surface area (Å²) in [6, 6.07) is 7.47. The molecule has 0 saturated carbocycles. The molecule has 110 valence electrons. The van der Waals surface area contributed by atoms with Gasteiger partial charge in [0.1, 0.15) is 11.3 Å². The highest BCUT2D eigenvalue weighted by molar-refractivity contribution is 5.80. The van der Waals surface area contributed by atoms with Gasteiger partial charge in [0.05, 0.1) is 6.61 Å². The average Bonchev–Trinajstić information content (AvgIpc) is 2.99. The van der Waals surface area contributed by atoms with Crippen LogP contribution in [0.2, 0.25) is 0 Å². The molecule has 1 aromatic rings.